The number of nitrogens with two attached hydrogens (primary N) is 1. The Hall–Kier alpha value is -0.850. The molecule has 6 heteroatoms. The second kappa shape index (κ2) is 8.31. The van der Waals surface area contributed by atoms with E-state index in [1.54, 1.807) is 0 Å². The average Bonchev–Trinajstić information content (AvgIpc) is 2.88. The van der Waals surface area contributed by atoms with Crippen molar-refractivity contribution in [2.24, 2.45) is 5.73 Å². The number of hydrogen-bond acceptors (Lipinski definition) is 5. The van der Waals surface area contributed by atoms with Crippen molar-refractivity contribution in [3.63, 3.8) is 0 Å². The monoisotopic (exact) mass is 326 g/mol. The summed E-state index contributed by atoms with van der Waals surface area (Å²) in [6, 6.07) is 1.02. The number of hydrogen-bond donors (Lipinski definition) is 2. The summed E-state index contributed by atoms with van der Waals surface area (Å²) in [6.07, 6.45) is 4.46. The van der Waals surface area contributed by atoms with Crippen LogP contribution in [0, 0.1) is 0 Å². The lowest BCUT2D eigenvalue weighted by Crippen LogP contribution is -2.50. The van der Waals surface area contributed by atoms with Crippen LogP contribution in [0.4, 0.5) is 4.79 Å². The zero-order valence-electron chi connectivity index (χ0n) is 15.0. The van der Waals surface area contributed by atoms with E-state index in [0.717, 1.165) is 58.5 Å². The molecule has 3 N–H and O–H groups in total. The first-order valence-corrected chi connectivity index (χ1v) is 9.03. The van der Waals surface area contributed by atoms with E-state index in [1.165, 1.54) is 6.42 Å². The van der Waals surface area contributed by atoms with Gasteiger partial charge in [-0.15, -0.1) is 0 Å². The fraction of sp³-hybridized carbons (Fsp3) is 0.941. The van der Waals surface area contributed by atoms with Gasteiger partial charge in [0.2, 0.25) is 0 Å². The molecule has 2 aliphatic rings. The van der Waals surface area contributed by atoms with Crippen molar-refractivity contribution in [3.05, 3.63) is 0 Å². The molecule has 0 aromatic rings. The molecule has 2 rings (SSSR count). The largest absolute Gasteiger partial charge is 0.444 e. The topological polar surface area (TPSA) is 70.8 Å². The average molecular weight is 326 g/mol. The van der Waals surface area contributed by atoms with Crippen LogP contribution in [0.25, 0.3) is 0 Å². The van der Waals surface area contributed by atoms with Gasteiger partial charge in [0, 0.05) is 38.3 Å². The number of nitrogens with zero attached hydrogens (tertiary/aromatic N) is 2. The lowest BCUT2D eigenvalue weighted by molar-refractivity contribution is 0.0144. The molecule has 1 amide bonds. The number of carbonyl (C=O) groups excluding carboxylic acids is 1. The highest BCUT2D eigenvalue weighted by atomic mass is 16.6. The Morgan fingerprint density at radius 2 is 1.91 bits per heavy atom. The van der Waals surface area contributed by atoms with Crippen LogP contribution in [0.15, 0.2) is 0 Å². The van der Waals surface area contributed by atoms with Crippen LogP contribution >= 0.6 is 0 Å². The maximum Gasteiger partial charge on any atom is 0.410 e. The Bertz CT molecular complexity index is 375. The Balaban J connectivity index is 1.55. The predicted molar refractivity (Wildman–Crippen MR) is 92.5 cm³/mol. The van der Waals surface area contributed by atoms with Gasteiger partial charge in [0.05, 0.1) is 0 Å². The first-order valence-electron chi connectivity index (χ1n) is 9.03. The summed E-state index contributed by atoms with van der Waals surface area (Å²) in [5.74, 6) is 0. The van der Waals surface area contributed by atoms with Crippen LogP contribution in [-0.2, 0) is 4.74 Å². The standard InChI is InChI=1S/C17H34N4O2/c1-17(2,3)23-16(22)21-11-9-20(10-12-21)8-4-7-19-15-6-5-14(18)13-15/h14-15,19H,4-13,18H2,1-3H3. The van der Waals surface area contributed by atoms with Crippen molar-refractivity contribution in [3.8, 4) is 0 Å². The summed E-state index contributed by atoms with van der Waals surface area (Å²) >= 11 is 0. The highest BCUT2D eigenvalue weighted by Gasteiger charge is 2.25. The molecule has 1 aliphatic heterocycles. The molecule has 0 bridgehead atoms. The van der Waals surface area contributed by atoms with Gasteiger partial charge in [-0.25, -0.2) is 4.79 Å². The molecule has 1 heterocycles. The van der Waals surface area contributed by atoms with Gasteiger partial charge in [0.25, 0.3) is 0 Å². The normalized spacial score (nSPS) is 26.5. The minimum atomic E-state index is -0.414. The van der Waals surface area contributed by atoms with Crippen molar-refractivity contribution in [2.45, 2.75) is 64.1 Å². The van der Waals surface area contributed by atoms with Gasteiger partial charge in [-0.3, -0.25) is 4.90 Å². The van der Waals surface area contributed by atoms with E-state index in [0.29, 0.717) is 12.1 Å². The van der Waals surface area contributed by atoms with E-state index in [1.807, 2.05) is 25.7 Å². The number of nitrogens with one attached hydrogen (secondary N) is 1. The molecule has 1 saturated carbocycles. The maximum atomic E-state index is 12.0. The fourth-order valence-corrected chi connectivity index (χ4v) is 3.29. The van der Waals surface area contributed by atoms with Gasteiger partial charge in [-0.05, 0) is 59.5 Å². The molecule has 1 saturated heterocycles. The highest BCUT2D eigenvalue weighted by molar-refractivity contribution is 5.68. The number of ether oxygens (including phenoxy) is 1. The Morgan fingerprint density at radius 1 is 1.22 bits per heavy atom. The number of carbonyl (C=O) groups is 1. The van der Waals surface area contributed by atoms with E-state index in [4.69, 9.17) is 10.5 Å². The molecular formula is C17H34N4O2. The number of piperazine rings is 1. The number of rotatable bonds is 5. The molecule has 0 aromatic carbocycles. The van der Waals surface area contributed by atoms with E-state index >= 15 is 0 Å². The third-order valence-corrected chi connectivity index (χ3v) is 4.58. The third-order valence-electron chi connectivity index (χ3n) is 4.58. The van der Waals surface area contributed by atoms with Gasteiger partial charge in [0.1, 0.15) is 5.60 Å². The zero-order chi connectivity index (χ0) is 16.9. The smallest absolute Gasteiger partial charge is 0.410 e. The molecule has 23 heavy (non-hydrogen) atoms. The van der Waals surface area contributed by atoms with Crippen molar-refractivity contribution >= 4 is 6.09 Å². The van der Waals surface area contributed by atoms with Crippen LogP contribution in [0.1, 0.15) is 46.5 Å². The van der Waals surface area contributed by atoms with Crippen LogP contribution in [0.5, 0.6) is 0 Å². The van der Waals surface area contributed by atoms with Gasteiger partial charge in [-0.1, -0.05) is 0 Å². The molecular weight excluding hydrogens is 292 g/mol. The van der Waals surface area contributed by atoms with E-state index < -0.39 is 5.60 Å². The minimum Gasteiger partial charge on any atom is -0.444 e. The van der Waals surface area contributed by atoms with Crippen molar-refractivity contribution < 1.29 is 9.53 Å². The SMILES string of the molecule is CC(C)(C)OC(=O)N1CCN(CCCNC2CCC(N)C2)CC1. The molecule has 6 nitrogen and oxygen atoms in total. The predicted octanol–water partition coefficient (Wildman–Crippen LogP) is 1.40. The Kier molecular flexibility index (Phi) is 6.68. The Labute approximate surface area is 140 Å². The lowest BCUT2D eigenvalue weighted by Gasteiger charge is -2.35. The molecule has 2 atom stereocenters. The Morgan fingerprint density at radius 3 is 2.48 bits per heavy atom. The van der Waals surface area contributed by atoms with Crippen LogP contribution in [0.3, 0.4) is 0 Å². The summed E-state index contributed by atoms with van der Waals surface area (Å²) in [4.78, 5) is 16.3. The van der Waals surface area contributed by atoms with E-state index in [2.05, 4.69) is 10.2 Å². The van der Waals surface area contributed by atoms with Crippen LogP contribution in [0.2, 0.25) is 0 Å². The second-order valence-electron chi connectivity index (χ2n) is 7.89. The maximum absolute atomic E-state index is 12.0. The van der Waals surface area contributed by atoms with Crippen molar-refractivity contribution in [1.82, 2.24) is 15.1 Å². The molecule has 2 unspecified atom stereocenters. The number of amides is 1. The second-order valence-corrected chi connectivity index (χ2v) is 7.89. The van der Waals surface area contributed by atoms with Gasteiger partial charge < -0.3 is 20.7 Å². The van der Waals surface area contributed by atoms with E-state index in [9.17, 15) is 4.79 Å². The molecule has 0 aromatic heterocycles. The molecule has 0 spiro atoms. The van der Waals surface area contributed by atoms with Gasteiger partial charge in [0.15, 0.2) is 0 Å². The molecule has 134 valence electrons. The van der Waals surface area contributed by atoms with E-state index in [-0.39, 0.29) is 6.09 Å². The molecule has 0 radical (unpaired) electrons. The van der Waals surface area contributed by atoms with Gasteiger partial charge >= 0.3 is 6.09 Å². The summed E-state index contributed by atoms with van der Waals surface area (Å²) in [5.41, 5.74) is 5.52. The minimum absolute atomic E-state index is 0.184. The summed E-state index contributed by atoms with van der Waals surface area (Å²) in [7, 11) is 0. The molecule has 1 aliphatic carbocycles. The fourth-order valence-electron chi connectivity index (χ4n) is 3.29. The van der Waals surface area contributed by atoms with Gasteiger partial charge in [-0.2, -0.15) is 0 Å². The summed E-state index contributed by atoms with van der Waals surface area (Å²) in [5, 5.41) is 3.61. The quantitative estimate of drug-likeness (QED) is 0.747. The zero-order valence-corrected chi connectivity index (χ0v) is 15.0. The first-order chi connectivity index (χ1) is 10.8. The summed E-state index contributed by atoms with van der Waals surface area (Å²) in [6.45, 7) is 11.3. The van der Waals surface area contributed by atoms with Crippen molar-refractivity contribution in [1.29, 1.82) is 0 Å². The third kappa shape index (κ3) is 6.65. The first kappa shape index (κ1) is 18.5. The van der Waals surface area contributed by atoms with Crippen LogP contribution < -0.4 is 11.1 Å². The van der Waals surface area contributed by atoms with Crippen molar-refractivity contribution in [2.75, 3.05) is 39.3 Å². The lowest BCUT2D eigenvalue weighted by atomic mass is 10.2. The molecule has 2 fully saturated rings. The van der Waals surface area contributed by atoms with Crippen LogP contribution in [-0.4, -0.2) is 72.8 Å². The highest BCUT2D eigenvalue weighted by Crippen LogP contribution is 2.17. The summed E-state index contributed by atoms with van der Waals surface area (Å²) < 4.78 is 5.42.